The molecule has 1 heterocycles. The summed E-state index contributed by atoms with van der Waals surface area (Å²) in [5.41, 5.74) is 2.30. The highest BCUT2D eigenvalue weighted by atomic mass is 16.5. The first kappa shape index (κ1) is 16.3. The van der Waals surface area contributed by atoms with Crippen LogP contribution in [0.15, 0.2) is 48.5 Å². The molecule has 1 atom stereocenters. The summed E-state index contributed by atoms with van der Waals surface area (Å²) in [7, 11) is 1.64. The molecule has 3 N–H and O–H groups in total. The number of rotatable bonds is 6. The molecule has 1 aliphatic heterocycles. The first-order valence-electron chi connectivity index (χ1n) is 8.28. The third kappa shape index (κ3) is 4.06. The van der Waals surface area contributed by atoms with Gasteiger partial charge in [-0.15, -0.1) is 0 Å². The molecule has 5 nitrogen and oxygen atoms in total. The van der Waals surface area contributed by atoms with Crippen LogP contribution in [-0.2, 0) is 0 Å². The smallest absolute Gasteiger partial charge is 0.253 e. The summed E-state index contributed by atoms with van der Waals surface area (Å²) >= 11 is 0. The molecule has 2 aromatic carbocycles. The van der Waals surface area contributed by atoms with E-state index in [9.17, 15) is 4.79 Å². The van der Waals surface area contributed by atoms with Crippen molar-refractivity contribution in [2.75, 3.05) is 25.5 Å². The number of ether oxygens (including phenoxy) is 1. The van der Waals surface area contributed by atoms with E-state index < -0.39 is 0 Å². The van der Waals surface area contributed by atoms with Crippen LogP contribution in [0.5, 0.6) is 5.75 Å². The van der Waals surface area contributed by atoms with E-state index in [1.165, 1.54) is 6.42 Å². The van der Waals surface area contributed by atoms with Crippen LogP contribution in [0.4, 0.5) is 11.4 Å². The molecule has 1 aliphatic rings. The van der Waals surface area contributed by atoms with Crippen LogP contribution in [0.25, 0.3) is 0 Å². The molecule has 3 rings (SSSR count). The number of nitrogens with one attached hydrogen (secondary N) is 3. The predicted molar refractivity (Wildman–Crippen MR) is 96.1 cm³/mol. The lowest BCUT2D eigenvalue weighted by Gasteiger charge is -2.15. The summed E-state index contributed by atoms with van der Waals surface area (Å²) in [6.07, 6.45) is 2.29. The monoisotopic (exact) mass is 325 g/mol. The van der Waals surface area contributed by atoms with Crippen molar-refractivity contribution in [2.45, 2.75) is 18.9 Å². The lowest BCUT2D eigenvalue weighted by Crippen LogP contribution is -2.37. The normalized spacial score (nSPS) is 16.6. The quantitative estimate of drug-likeness (QED) is 0.764. The van der Waals surface area contributed by atoms with Crippen molar-refractivity contribution in [3.8, 4) is 5.75 Å². The fraction of sp³-hybridized carbons (Fsp3) is 0.316. The average molecular weight is 325 g/mol. The highest BCUT2D eigenvalue weighted by Crippen LogP contribution is 2.24. The molecule has 0 spiro atoms. The van der Waals surface area contributed by atoms with Crippen LogP contribution in [-0.4, -0.2) is 32.1 Å². The summed E-state index contributed by atoms with van der Waals surface area (Å²) in [4.78, 5) is 12.5. The molecule has 126 valence electrons. The molecular weight excluding hydrogens is 302 g/mol. The third-order valence-electron chi connectivity index (χ3n) is 4.19. The number of hydrogen-bond acceptors (Lipinski definition) is 4. The second kappa shape index (κ2) is 7.84. The summed E-state index contributed by atoms with van der Waals surface area (Å²) < 4.78 is 5.24. The molecule has 5 heteroatoms. The lowest BCUT2D eigenvalue weighted by atomic mass is 10.1. The second-order valence-electron chi connectivity index (χ2n) is 5.91. The Morgan fingerprint density at radius 1 is 1.25 bits per heavy atom. The maximum Gasteiger partial charge on any atom is 0.253 e. The van der Waals surface area contributed by atoms with Gasteiger partial charge in [0.15, 0.2) is 0 Å². The van der Waals surface area contributed by atoms with Gasteiger partial charge in [0.2, 0.25) is 0 Å². The SMILES string of the molecule is COc1cccc(Nc2ccccc2C(=O)NCC2CCCN2)c1. The van der Waals surface area contributed by atoms with E-state index >= 15 is 0 Å². The molecule has 1 amide bonds. The Bertz CT molecular complexity index is 697. The lowest BCUT2D eigenvalue weighted by molar-refractivity contribution is 0.0951. The van der Waals surface area contributed by atoms with Crippen molar-refractivity contribution >= 4 is 17.3 Å². The standard InChI is InChI=1S/C19H23N3O2/c1-24-16-8-4-6-14(12-16)22-18-10-3-2-9-17(18)19(23)21-13-15-7-5-11-20-15/h2-4,6,8-10,12,15,20,22H,5,7,11,13H2,1H3,(H,21,23). The Hall–Kier alpha value is -2.53. The van der Waals surface area contributed by atoms with Gasteiger partial charge >= 0.3 is 0 Å². The van der Waals surface area contributed by atoms with Crippen LogP contribution in [0.3, 0.4) is 0 Å². The summed E-state index contributed by atoms with van der Waals surface area (Å²) in [5.74, 6) is 0.712. The van der Waals surface area contributed by atoms with Gasteiger partial charge in [0.25, 0.3) is 5.91 Å². The Balaban J connectivity index is 1.70. The Morgan fingerprint density at radius 3 is 2.92 bits per heavy atom. The minimum Gasteiger partial charge on any atom is -0.497 e. The molecule has 0 saturated carbocycles. The predicted octanol–water partition coefficient (Wildman–Crippen LogP) is 2.92. The van der Waals surface area contributed by atoms with Crippen molar-refractivity contribution in [2.24, 2.45) is 0 Å². The number of benzene rings is 2. The fourth-order valence-corrected chi connectivity index (χ4v) is 2.89. The van der Waals surface area contributed by atoms with Crippen LogP contribution < -0.4 is 20.7 Å². The van der Waals surface area contributed by atoms with E-state index in [1.54, 1.807) is 7.11 Å². The van der Waals surface area contributed by atoms with Crippen molar-refractivity contribution in [1.29, 1.82) is 0 Å². The number of amides is 1. The summed E-state index contributed by atoms with van der Waals surface area (Å²) in [6.45, 7) is 1.70. The van der Waals surface area contributed by atoms with Crippen molar-refractivity contribution in [3.63, 3.8) is 0 Å². The fourth-order valence-electron chi connectivity index (χ4n) is 2.89. The molecule has 1 fully saturated rings. The first-order chi connectivity index (χ1) is 11.8. The number of para-hydroxylation sites is 1. The topological polar surface area (TPSA) is 62.4 Å². The van der Waals surface area contributed by atoms with Crippen LogP contribution in [0.2, 0.25) is 0 Å². The average Bonchev–Trinajstić information content (AvgIpc) is 3.14. The molecule has 0 radical (unpaired) electrons. The first-order valence-corrected chi connectivity index (χ1v) is 8.28. The number of anilines is 2. The van der Waals surface area contributed by atoms with Crippen LogP contribution in [0, 0.1) is 0 Å². The molecule has 0 aliphatic carbocycles. The van der Waals surface area contributed by atoms with E-state index in [2.05, 4.69) is 16.0 Å². The van der Waals surface area contributed by atoms with Gasteiger partial charge in [-0.3, -0.25) is 4.79 Å². The van der Waals surface area contributed by atoms with E-state index in [1.807, 2.05) is 48.5 Å². The summed E-state index contributed by atoms with van der Waals surface area (Å²) in [6, 6.07) is 15.6. The van der Waals surface area contributed by atoms with Gasteiger partial charge in [-0.05, 0) is 43.7 Å². The third-order valence-corrected chi connectivity index (χ3v) is 4.19. The van der Waals surface area contributed by atoms with Gasteiger partial charge in [0.05, 0.1) is 18.4 Å². The number of carbonyl (C=O) groups excluding carboxylic acids is 1. The van der Waals surface area contributed by atoms with Crippen molar-refractivity contribution < 1.29 is 9.53 Å². The van der Waals surface area contributed by atoms with Gasteiger partial charge in [-0.2, -0.15) is 0 Å². The molecule has 0 bridgehead atoms. The maximum absolute atomic E-state index is 12.5. The van der Waals surface area contributed by atoms with E-state index in [4.69, 9.17) is 4.74 Å². The Labute approximate surface area is 142 Å². The van der Waals surface area contributed by atoms with Gasteiger partial charge < -0.3 is 20.7 Å². The molecule has 1 saturated heterocycles. The minimum atomic E-state index is -0.0605. The van der Waals surface area contributed by atoms with Crippen molar-refractivity contribution in [1.82, 2.24) is 10.6 Å². The van der Waals surface area contributed by atoms with Gasteiger partial charge in [0.1, 0.15) is 5.75 Å². The molecule has 24 heavy (non-hydrogen) atoms. The van der Waals surface area contributed by atoms with Gasteiger partial charge in [-0.1, -0.05) is 18.2 Å². The second-order valence-corrected chi connectivity index (χ2v) is 5.91. The zero-order valence-electron chi connectivity index (χ0n) is 13.8. The zero-order chi connectivity index (χ0) is 16.8. The van der Waals surface area contributed by atoms with E-state index in [0.29, 0.717) is 18.2 Å². The van der Waals surface area contributed by atoms with E-state index in [-0.39, 0.29) is 5.91 Å². The molecule has 0 aromatic heterocycles. The number of methoxy groups -OCH3 is 1. The highest BCUT2D eigenvalue weighted by Gasteiger charge is 2.16. The Morgan fingerprint density at radius 2 is 2.12 bits per heavy atom. The highest BCUT2D eigenvalue weighted by molar-refractivity contribution is 6.00. The van der Waals surface area contributed by atoms with Crippen LogP contribution in [0.1, 0.15) is 23.2 Å². The Kier molecular flexibility index (Phi) is 5.33. The van der Waals surface area contributed by atoms with Crippen molar-refractivity contribution in [3.05, 3.63) is 54.1 Å². The molecule has 1 unspecified atom stereocenters. The number of hydrogen-bond donors (Lipinski definition) is 3. The largest absolute Gasteiger partial charge is 0.497 e. The maximum atomic E-state index is 12.5. The number of carbonyl (C=O) groups is 1. The minimum absolute atomic E-state index is 0.0605. The van der Waals surface area contributed by atoms with Crippen LogP contribution >= 0.6 is 0 Å². The van der Waals surface area contributed by atoms with E-state index in [0.717, 1.165) is 30.1 Å². The molecular formula is C19H23N3O2. The summed E-state index contributed by atoms with van der Waals surface area (Å²) in [5, 5.41) is 9.71. The van der Waals surface area contributed by atoms with Gasteiger partial charge in [-0.25, -0.2) is 0 Å². The molecule has 2 aromatic rings. The zero-order valence-corrected chi connectivity index (χ0v) is 13.8. The van der Waals surface area contributed by atoms with Gasteiger partial charge in [0, 0.05) is 24.3 Å².